The Morgan fingerprint density at radius 3 is 3.18 bits per heavy atom. The molecule has 2 heterocycles. The highest BCUT2D eigenvalue weighted by Crippen LogP contribution is 2.18. The Morgan fingerprint density at radius 1 is 1.68 bits per heavy atom. The zero-order valence-corrected chi connectivity index (χ0v) is 14.4. The fourth-order valence-corrected chi connectivity index (χ4v) is 2.82. The van der Waals surface area contributed by atoms with Crippen molar-refractivity contribution in [1.82, 2.24) is 25.6 Å². The van der Waals surface area contributed by atoms with Crippen LogP contribution in [0.5, 0.6) is 0 Å². The quantitative estimate of drug-likeness (QED) is 0.742. The van der Waals surface area contributed by atoms with E-state index in [0.29, 0.717) is 26.0 Å². The predicted molar refractivity (Wildman–Crippen MR) is 86.6 cm³/mol. The van der Waals surface area contributed by atoms with Gasteiger partial charge in [-0.15, -0.1) is 0 Å². The summed E-state index contributed by atoms with van der Waals surface area (Å²) in [4.78, 5) is 14.2. The zero-order chi connectivity index (χ0) is 16.0. The number of nitrogens with one attached hydrogen (secondary N) is 2. The molecule has 1 aromatic heterocycles. The molecule has 1 atom stereocenters. The number of hydrogen-bond acceptors (Lipinski definition) is 5. The van der Waals surface area contributed by atoms with Crippen LogP contribution in [0.15, 0.2) is 17.3 Å². The Balaban J connectivity index is 1.74. The average Bonchev–Trinajstić information content (AvgIpc) is 2.96. The van der Waals surface area contributed by atoms with Gasteiger partial charge in [0.2, 0.25) is 5.91 Å². The first-order valence-electron chi connectivity index (χ1n) is 7.28. The normalized spacial score (nSPS) is 22.5. The van der Waals surface area contributed by atoms with E-state index in [-0.39, 0.29) is 11.5 Å². The molecule has 1 aromatic rings. The van der Waals surface area contributed by atoms with E-state index in [1.807, 2.05) is 6.92 Å². The summed E-state index contributed by atoms with van der Waals surface area (Å²) in [6.45, 7) is 9.48. The summed E-state index contributed by atoms with van der Waals surface area (Å²) in [6.07, 6.45) is 2.60. The molecule has 1 unspecified atom stereocenters. The highest BCUT2D eigenvalue weighted by Gasteiger charge is 2.32. The van der Waals surface area contributed by atoms with Gasteiger partial charge in [-0.3, -0.25) is 9.69 Å². The number of carbonyl (C=O) groups is 1. The van der Waals surface area contributed by atoms with Crippen LogP contribution in [-0.2, 0) is 16.0 Å². The molecule has 8 heteroatoms. The number of rotatable bonds is 7. The summed E-state index contributed by atoms with van der Waals surface area (Å²) >= 11 is 3.39. The SMILES string of the molecule is C=C(Br)CN1CCOC(C)(CNC(=O)CCc2cn[nH]n2)C1. The first-order chi connectivity index (χ1) is 10.5. The van der Waals surface area contributed by atoms with Crippen LogP contribution in [0.1, 0.15) is 19.0 Å². The maximum Gasteiger partial charge on any atom is 0.220 e. The minimum Gasteiger partial charge on any atom is -0.371 e. The second-order valence-electron chi connectivity index (χ2n) is 5.76. The standard InChI is InChI=1S/C14H22BrN5O2/c1-11(15)8-20-5-6-22-14(2,10-20)9-16-13(21)4-3-12-7-17-19-18-12/h7H,1,3-6,8-10H2,2H3,(H,16,21)(H,17,18,19). The number of hydrogen-bond donors (Lipinski definition) is 2. The third kappa shape index (κ3) is 5.51. The molecule has 0 radical (unpaired) electrons. The fourth-order valence-electron chi connectivity index (χ4n) is 2.46. The van der Waals surface area contributed by atoms with Crippen molar-refractivity contribution in [3.05, 3.63) is 23.0 Å². The van der Waals surface area contributed by atoms with Crippen LogP contribution >= 0.6 is 15.9 Å². The van der Waals surface area contributed by atoms with E-state index in [9.17, 15) is 4.79 Å². The maximum atomic E-state index is 11.9. The van der Waals surface area contributed by atoms with Crippen molar-refractivity contribution in [3.8, 4) is 0 Å². The van der Waals surface area contributed by atoms with Gasteiger partial charge in [-0.25, -0.2) is 0 Å². The molecule has 0 aliphatic carbocycles. The van der Waals surface area contributed by atoms with E-state index in [0.717, 1.165) is 29.8 Å². The summed E-state index contributed by atoms with van der Waals surface area (Å²) in [5.74, 6) is -0.00477. The molecule has 1 aliphatic rings. The zero-order valence-electron chi connectivity index (χ0n) is 12.8. The highest BCUT2D eigenvalue weighted by atomic mass is 79.9. The van der Waals surface area contributed by atoms with Crippen molar-refractivity contribution < 1.29 is 9.53 Å². The Bertz CT molecular complexity index is 507. The molecule has 2 N–H and O–H groups in total. The molecular weight excluding hydrogens is 350 g/mol. The smallest absolute Gasteiger partial charge is 0.220 e. The number of halogens is 1. The number of aryl methyl sites for hydroxylation is 1. The van der Waals surface area contributed by atoms with Crippen molar-refractivity contribution >= 4 is 21.8 Å². The van der Waals surface area contributed by atoms with Crippen molar-refractivity contribution in [2.45, 2.75) is 25.4 Å². The summed E-state index contributed by atoms with van der Waals surface area (Å²) in [5.41, 5.74) is 0.418. The Hall–Kier alpha value is -1.25. The van der Waals surface area contributed by atoms with Crippen LogP contribution in [0.4, 0.5) is 0 Å². The van der Waals surface area contributed by atoms with Crippen LogP contribution in [-0.4, -0.2) is 64.6 Å². The van der Waals surface area contributed by atoms with Gasteiger partial charge < -0.3 is 10.1 Å². The number of aromatic amines is 1. The molecule has 22 heavy (non-hydrogen) atoms. The van der Waals surface area contributed by atoms with Gasteiger partial charge in [0.25, 0.3) is 0 Å². The summed E-state index contributed by atoms with van der Waals surface area (Å²) in [6, 6.07) is 0. The van der Waals surface area contributed by atoms with Crippen molar-refractivity contribution in [3.63, 3.8) is 0 Å². The summed E-state index contributed by atoms with van der Waals surface area (Å²) < 4.78 is 6.80. The Morgan fingerprint density at radius 2 is 2.50 bits per heavy atom. The van der Waals surface area contributed by atoms with E-state index in [4.69, 9.17) is 4.74 Å². The number of morpholine rings is 1. The Kier molecular flexibility index (Phi) is 6.10. The molecule has 2 rings (SSSR count). The van der Waals surface area contributed by atoms with Gasteiger partial charge in [0, 0.05) is 43.5 Å². The summed E-state index contributed by atoms with van der Waals surface area (Å²) in [5, 5.41) is 13.1. The van der Waals surface area contributed by atoms with Crippen LogP contribution < -0.4 is 5.32 Å². The van der Waals surface area contributed by atoms with Crippen LogP contribution in [0, 0.1) is 0 Å². The first kappa shape index (κ1) is 17.1. The number of ether oxygens (including phenoxy) is 1. The molecule has 122 valence electrons. The van der Waals surface area contributed by atoms with Crippen molar-refractivity contribution in [2.75, 3.05) is 32.8 Å². The minimum absolute atomic E-state index is 0.00477. The van der Waals surface area contributed by atoms with Gasteiger partial charge >= 0.3 is 0 Å². The van der Waals surface area contributed by atoms with Gasteiger partial charge in [0.05, 0.1) is 24.1 Å². The molecule has 1 aliphatic heterocycles. The number of amides is 1. The van der Waals surface area contributed by atoms with Crippen molar-refractivity contribution in [2.24, 2.45) is 0 Å². The lowest BCUT2D eigenvalue weighted by atomic mass is 10.0. The fraction of sp³-hybridized carbons (Fsp3) is 0.643. The first-order valence-corrected chi connectivity index (χ1v) is 8.07. The van der Waals surface area contributed by atoms with E-state index in [1.54, 1.807) is 6.20 Å². The number of H-pyrrole nitrogens is 1. The molecule has 7 nitrogen and oxygen atoms in total. The lowest BCUT2D eigenvalue weighted by Crippen LogP contribution is -2.55. The van der Waals surface area contributed by atoms with Gasteiger partial charge in [-0.05, 0) is 6.92 Å². The van der Waals surface area contributed by atoms with Crippen LogP contribution in [0.3, 0.4) is 0 Å². The molecular formula is C14H22BrN5O2. The molecule has 1 saturated heterocycles. The van der Waals surface area contributed by atoms with E-state index < -0.39 is 0 Å². The molecule has 0 spiro atoms. The highest BCUT2D eigenvalue weighted by molar-refractivity contribution is 9.11. The lowest BCUT2D eigenvalue weighted by Gasteiger charge is -2.40. The minimum atomic E-state index is -0.371. The molecule has 0 bridgehead atoms. The predicted octanol–water partition coefficient (Wildman–Crippen LogP) is 0.853. The monoisotopic (exact) mass is 371 g/mol. The largest absolute Gasteiger partial charge is 0.371 e. The summed E-state index contributed by atoms with van der Waals surface area (Å²) in [7, 11) is 0. The molecule has 0 saturated carbocycles. The number of aromatic nitrogens is 3. The van der Waals surface area contributed by atoms with E-state index in [2.05, 4.69) is 48.1 Å². The third-order valence-corrected chi connectivity index (χ3v) is 3.79. The van der Waals surface area contributed by atoms with E-state index >= 15 is 0 Å². The number of nitrogens with zero attached hydrogens (tertiary/aromatic N) is 3. The van der Waals surface area contributed by atoms with E-state index in [1.165, 1.54) is 0 Å². The molecule has 0 aromatic carbocycles. The second kappa shape index (κ2) is 7.85. The second-order valence-corrected chi connectivity index (χ2v) is 6.89. The average molecular weight is 372 g/mol. The van der Waals surface area contributed by atoms with Gasteiger partial charge in [-0.1, -0.05) is 22.5 Å². The number of carbonyl (C=O) groups excluding carboxylic acids is 1. The van der Waals surface area contributed by atoms with Gasteiger partial charge in [-0.2, -0.15) is 15.4 Å². The topological polar surface area (TPSA) is 83.1 Å². The lowest BCUT2D eigenvalue weighted by molar-refractivity contribution is -0.126. The van der Waals surface area contributed by atoms with Gasteiger partial charge in [0.1, 0.15) is 0 Å². The Labute approximate surface area is 138 Å². The van der Waals surface area contributed by atoms with Crippen LogP contribution in [0.25, 0.3) is 0 Å². The van der Waals surface area contributed by atoms with Crippen molar-refractivity contribution in [1.29, 1.82) is 0 Å². The van der Waals surface area contributed by atoms with Crippen LogP contribution in [0.2, 0.25) is 0 Å². The molecule has 1 amide bonds. The maximum absolute atomic E-state index is 11.9. The third-order valence-electron chi connectivity index (χ3n) is 3.54. The van der Waals surface area contributed by atoms with Gasteiger partial charge in [0.15, 0.2) is 0 Å². The molecule has 1 fully saturated rings.